The Hall–Kier alpha value is -9.19. The second kappa shape index (κ2) is 28.6. The van der Waals surface area contributed by atoms with Crippen LogP contribution in [0.4, 0.5) is 17.1 Å². The van der Waals surface area contributed by atoms with Crippen molar-refractivity contribution < 1.29 is 66.3 Å². The van der Waals surface area contributed by atoms with E-state index in [4.69, 9.17) is 37.6 Å². The van der Waals surface area contributed by atoms with Gasteiger partial charge >= 0.3 is 29.8 Å². The van der Waals surface area contributed by atoms with Gasteiger partial charge in [0.2, 0.25) is 11.1 Å². The van der Waals surface area contributed by atoms with Crippen LogP contribution in [-0.4, -0.2) is 130 Å². The van der Waals surface area contributed by atoms with Crippen molar-refractivity contribution in [2.45, 2.75) is 40.2 Å². The summed E-state index contributed by atoms with van der Waals surface area (Å²) in [6.45, 7) is 5.34. The Labute approximate surface area is 471 Å². The van der Waals surface area contributed by atoms with Gasteiger partial charge in [-0.2, -0.15) is 0 Å². The van der Waals surface area contributed by atoms with Gasteiger partial charge in [0.05, 0.1) is 43.9 Å². The molecule has 0 radical (unpaired) electrons. The summed E-state index contributed by atoms with van der Waals surface area (Å²) in [6, 6.07) is 40.4. The molecule has 18 heteroatoms. The standard InChI is InChI=1S/C63H69N4O14/c1-9-74-57(69)38-66(39-58(70)75-10-2)50-29-24-45(61-48-27-25-46(64(5)6)36-54(48)80-55-37-47(65(7)8)26-28-49(55)61)35-56(50)79-32-31-78-53-30-23-42(33-51(53)67(40-59(71)76-11-3)41-60(72)77-12-4)34-52(68)63(73)81-62(43-19-15-13-16-20-43)44-21-17-14-18-22-44/h13-30,33,35-37,62H,9-12,31-32,34,38-41H2,1-8H3/q+1. The van der Waals surface area contributed by atoms with Crippen LogP contribution in [0.2, 0.25) is 0 Å². The summed E-state index contributed by atoms with van der Waals surface area (Å²) in [6.07, 6.45) is -1.26. The van der Waals surface area contributed by atoms with Crippen LogP contribution >= 0.6 is 0 Å². The predicted octanol–water partition coefficient (Wildman–Crippen LogP) is 8.07. The quantitative estimate of drug-likeness (QED) is 0.0120. The van der Waals surface area contributed by atoms with Gasteiger partial charge in [-0.15, -0.1) is 0 Å². The molecule has 0 amide bonds. The highest BCUT2D eigenvalue weighted by molar-refractivity contribution is 6.34. The summed E-state index contributed by atoms with van der Waals surface area (Å²) in [5.41, 5.74) is 6.23. The number of ether oxygens (including phenoxy) is 7. The normalized spacial score (nSPS) is 10.9. The van der Waals surface area contributed by atoms with Crippen LogP contribution in [0.25, 0.3) is 33.4 Å². The van der Waals surface area contributed by atoms with Gasteiger partial charge in [0.25, 0.3) is 0 Å². The van der Waals surface area contributed by atoms with E-state index in [0.717, 1.165) is 33.1 Å². The Balaban J connectivity index is 1.26. The number of esters is 5. The molecule has 81 heavy (non-hydrogen) atoms. The van der Waals surface area contributed by atoms with E-state index in [9.17, 15) is 28.8 Å². The third kappa shape index (κ3) is 15.8. The fraction of sp³-hybridized carbons (Fsp3) is 0.317. The molecule has 2 aliphatic rings. The third-order valence-corrected chi connectivity index (χ3v) is 12.8. The Bertz CT molecular complexity index is 3290. The summed E-state index contributed by atoms with van der Waals surface area (Å²) in [5.74, 6) is -3.28. The van der Waals surface area contributed by atoms with Crippen molar-refractivity contribution >= 4 is 63.7 Å². The lowest BCUT2D eigenvalue weighted by atomic mass is 9.93. The fourth-order valence-corrected chi connectivity index (χ4v) is 9.04. The predicted molar refractivity (Wildman–Crippen MR) is 308 cm³/mol. The number of anilines is 3. The van der Waals surface area contributed by atoms with Gasteiger partial charge in [-0.05, 0) is 92.4 Å². The molecule has 0 unspecified atom stereocenters. The molecule has 18 nitrogen and oxygen atoms in total. The second-order valence-corrected chi connectivity index (χ2v) is 18.9. The van der Waals surface area contributed by atoms with Gasteiger partial charge in [0.1, 0.15) is 76.3 Å². The highest BCUT2D eigenvalue weighted by Crippen LogP contribution is 2.44. The number of nitrogens with zero attached hydrogens (tertiary/aromatic N) is 4. The van der Waals surface area contributed by atoms with Gasteiger partial charge in [-0.25, -0.2) is 9.37 Å². The van der Waals surface area contributed by atoms with Gasteiger partial charge in [0, 0.05) is 54.8 Å². The number of Topliss-reactive ketones (excluding diaryl/α,β-unsaturated/α-hetero) is 1. The minimum Gasteiger partial charge on any atom is -0.488 e. The topological polar surface area (TPSA) is 193 Å². The first kappa shape index (κ1) is 59.5. The minimum absolute atomic E-state index is 0.0669. The number of benzene rings is 6. The van der Waals surface area contributed by atoms with Crippen LogP contribution in [0, 0.1) is 0 Å². The van der Waals surface area contributed by atoms with E-state index in [1.807, 2.05) is 147 Å². The number of carbonyl (C=O) groups is 6. The van der Waals surface area contributed by atoms with Crippen molar-refractivity contribution in [3.63, 3.8) is 0 Å². The Morgan fingerprint density at radius 3 is 1.63 bits per heavy atom. The van der Waals surface area contributed by atoms with Crippen molar-refractivity contribution in [2.24, 2.45) is 0 Å². The highest BCUT2D eigenvalue weighted by Gasteiger charge is 2.28. The van der Waals surface area contributed by atoms with Crippen LogP contribution in [0.3, 0.4) is 0 Å². The summed E-state index contributed by atoms with van der Waals surface area (Å²) >= 11 is 0. The molecule has 0 aromatic heterocycles. The van der Waals surface area contributed by atoms with E-state index in [2.05, 4.69) is 0 Å². The number of ketones is 1. The maximum Gasteiger partial charge on any atom is 0.375 e. The van der Waals surface area contributed by atoms with E-state index in [1.54, 1.807) is 52.0 Å². The number of rotatable bonds is 27. The molecule has 1 aliphatic heterocycles. The van der Waals surface area contributed by atoms with Crippen molar-refractivity contribution in [1.29, 1.82) is 0 Å². The Kier molecular flexibility index (Phi) is 21.0. The zero-order valence-electron chi connectivity index (χ0n) is 47.1. The van der Waals surface area contributed by atoms with Gasteiger partial charge in [-0.3, -0.25) is 24.0 Å². The maximum atomic E-state index is 13.8. The first-order valence-corrected chi connectivity index (χ1v) is 26.8. The molecular formula is C63H69N4O14+. The Morgan fingerprint density at radius 1 is 0.556 bits per heavy atom. The van der Waals surface area contributed by atoms with Crippen molar-refractivity contribution in [2.75, 3.05) is 109 Å². The van der Waals surface area contributed by atoms with Crippen molar-refractivity contribution in [3.05, 3.63) is 156 Å². The van der Waals surface area contributed by atoms with E-state index in [-0.39, 0.29) is 69.9 Å². The molecule has 5 aromatic rings. The zero-order valence-corrected chi connectivity index (χ0v) is 47.1. The molecular weight excluding hydrogens is 1040 g/mol. The molecule has 7 rings (SSSR count). The molecule has 0 fully saturated rings. The average molecular weight is 1110 g/mol. The van der Waals surface area contributed by atoms with E-state index < -0.39 is 61.2 Å². The van der Waals surface area contributed by atoms with E-state index >= 15 is 0 Å². The molecule has 0 N–H and O–H groups in total. The van der Waals surface area contributed by atoms with Gasteiger partial charge < -0.3 is 52.3 Å². The minimum atomic E-state index is -1.06. The van der Waals surface area contributed by atoms with Crippen molar-refractivity contribution in [3.8, 4) is 33.9 Å². The summed E-state index contributed by atoms with van der Waals surface area (Å²) in [7, 11) is 7.81. The van der Waals surface area contributed by atoms with E-state index in [1.165, 1.54) is 9.80 Å². The zero-order chi connectivity index (χ0) is 58.0. The monoisotopic (exact) mass is 1110 g/mol. The Morgan fingerprint density at radius 2 is 1.10 bits per heavy atom. The largest absolute Gasteiger partial charge is 0.488 e. The molecule has 5 aromatic carbocycles. The summed E-state index contributed by atoms with van der Waals surface area (Å²) < 4.78 is 48.8. The summed E-state index contributed by atoms with van der Waals surface area (Å²) in [5, 5.41) is 1.75. The van der Waals surface area contributed by atoms with Crippen molar-refractivity contribution in [1.82, 2.24) is 4.58 Å². The number of carbonyl (C=O) groups excluding carboxylic acids is 6. The van der Waals surface area contributed by atoms with Crippen LogP contribution in [0.1, 0.15) is 50.5 Å². The molecule has 1 aliphatic carbocycles. The highest BCUT2D eigenvalue weighted by atomic mass is 16.6. The first-order chi connectivity index (χ1) is 39.1. The molecule has 0 atom stereocenters. The molecule has 0 bridgehead atoms. The SMILES string of the molecule is CCOC(=O)CN(CC(=O)OCC)c1ccc(-c2c3ccc(=[N+](C)C)cc-3oc3cc(N(C)C)ccc23)cc1OCCOc1ccc(CC(=O)C(=O)OC(c2ccccc2)c2ccccc2)cc1N(CC(=O)OCC)CC(=O)OCC. The number of fused-ring (bicyclic) bond motifs is 2. The molecule has 1 heterocycles. The molecule has 0 spiro atoms. The third-order valence-electron chi connectivity index (χ3n) is 12.8. The van der Waals surface area contributed by atoms with Crippen LogP contribution in [0.15, 0.2) is 138 Å². The smallest absolute Gasteiger partial charge is 0.375 e. The molecule has 0 saturated heterocycles. The molecule has 0 saturated carbocycles. The van der Waals surface area contributed by atoms with Crippen LogP contribution in [-0.2, 0) is 58.9 Å². The fourth-order valence-electron chi connectivity index (χ4n) is 9.04. The number of hydrogen-bond donors (Lipinski definition) is 0. The average Bonchev–Trinajstić information content (AvgIpc) is 3.52. The van der Waals surface area contributed by atoms with Crippen LogP contribution < -0.4 is 34.1 Å². The summed E-state index contributed by atoms with van der Waals surface area (Å²) in [4.78, 5) is 85.1. The van der Waals surface area contributed by atoms with Gasteiger partial charge in [0.15, 0.2) is 6.10 Å². The van der Waals surface area contributed by atoms with E-state index in [0.29, 0.717) is 33.7 Å². The second-order valence-electron chi connectivity index (χ2n) is 18.9. The first-order valence-electron chi connectivity index (χ1n) is 26.8. The number of hydrogen-bond acceptors (Lipinski definition) is 17. The molecule has 424 valence electrons. The lowest BCUT2D eigenvalue weighted by Gasteiger charge is -2.27. The van der Waals surface area contributed by atoms with Crippen LogP contribution in [0.5, 0.6) is 11.5 Å². The maximum absolute atomic E-state index is 13.8. The lowest BCUT2D eigenvalue weighted by molar-refractivity contribution is -0.156. The van der Waals surface area contributed by atoms with Gasteiger partial charge in [-0.1, -0.05) is 72.8 Å². The lowest BCUT2D eigenvalue weighted by Crippen LogP contribution is -2.37.